The molecule has 21 heavy (non-hydrogen) atoms. The number of aryl methyl sites for hydroxylation is 2. The highest BCUT2D eigenvalue weighted by Crippen LogP contribution is 2.11. The van der Waals surface area contributed by atoms with Crippen LogP contribution in [0, 0.1) is 13.8 Å². The number of aromatic amines is 2. The molecule has 0 fully saturated rings. The fourth-order valence-electron chi connectivity index (χ4n) is 2.33. The van der Waals surface area contributed by atoms with Gasteiger partial charge in [0.2, 0.25) is 5.91 Å². The van der Waals surface area contributed by atoms with E-state index in [4.69, 9.17) is 0 Å². The molecule has 3 N–H and O–H groups in total. The summed E-state index contributed by atoms with van der Waals surface area (Å²) in [5, 5.41) is 9.86. The Balaban J connectivity index is 1.63. The predicted molar refractivity (Wildman–Crippen MR) is 79.7 cm³/mol. The van der Waals surface area contributed by atoms with Gasteiger partial charge in [0, 0.05) is 11.3 Å². The van der Waals surface area contributed by atoms with Crippen LogP contribution < -0.4 is 5.32 Å². The van der Waals surface area contributed by atoms with Crippen LogP contribution >= 0.6 is 0 Å². The minimum atomic E-state index is -0.0388. The molecule has 6 nitrogen and oxygen atoms in total. The highest BCUT2D eigenvalue weighted by Gasteiger charge is 2.11. The minimum Gasteiger partial charge on any atom is -0.349 e. The second-order valence-electron chi connectivity index (χ2n) is 5.07. The first kappa shape index (κ1) is 13.4. The lowest BCUT2D eigenvalue weighted by molar-refractivity contribution is -0.120. The molecule has 0 spiro atoms. The van der Waals surface area contributed by atoms with Crippen LogP contribution in [0.3, 0.4) is 0 Å². The van der Waals surface area contributed by atoms with E-state index < -0.39 is 0 Å². The number of hydrogen-bond donors (Lipinski definition) is 3. The van der Waals surface area contributed by atoms with Crippen molar-refractivity contribution in [1.82, 2.24) is 25.5 Å². The lowest BCUT2D eigenvalue weighted by Gasteiger charge is -2.03. The van der Waals surface area contributed by atoms with Crippen molar-refractivity contribution in [3.05, 3.63) is 47.0 Å². The molecule has 6 heteroatoms. The van der Waals surface area contributed by atoms with E-state index in [-0.39, 0.29) is 5.91 Å². The Bertz CT molecular complexity index is 734. The van der Waals surface area contributed by atoms with Crippen LogP contribution in [0.2, 0.25) is 0 Å². The van der Waals surface area contributed by atoms with Crippen molar-refractivity contribution >= 4 is 16.9 Å². The first-order chi connectivity index (χ1) is 10.1. The van der Waals surface area contributed by atoms with Crippen molar-refractivity contribution in [3.8, 4) is 0 Å². The number of imidazole rings is 1. The van der Waals surface area contributed by atoms with Crippen LogP contribution in [0.25, 0.3) is 11.0 Å². The van der Waals surface area contributed by atoms with Gasteiger partial charge in [-0.2, -0.15) is 5.10 Å². The van der Waals surface area contributed by atoms with Crippen molar-refractivity contribution < 1.29 is 4.79 Å². The topological polar surface area (TPSA) is 86.5 Å². The van der Waals surface area contributed by atoms with E-state index in [1.807, 2.05) is 38.1 Å². The molecule has 0 saturated carbocycles. The van der Waals surface area contributed by atoms with Crippen LogP contribution in [0.5, 0.6) is 0 Å². The number of carbonyl (C=O) groups excluding carboxylic acids is 1. The molecule has 0 aliphatic carbocycles. The van der Waals surface area contributed by atoms with Gasteiger partial charge in [-0.1, -0.05) is 12.1 Å². The summed E-state index contributed by atoms with van der Waals surface area (Å²) in [5.41, 5.74) is 4.64. The Labute approximate surface area is 122 Å². The van der Waals surface area contributed by atoms with Gasteiger partial charge < -0.3 is 10.3 Å². The summed E-state index contributed by atoms with van der Waals surface area (Å²) in [7, 11) is 0. The molecule has 0 atom stereocenters. The Hall–Kier alpha value is -2.63. The fourth-order valence-corrected chi connectivity index (χ4v) is 2.33. The van der Waals surface area contributed by atoms with Crippen LogP contribution in [0.15, 0.2) is 24.3 Å². The summed E-state index contributed by atoms with van der Waals surface area (Å²) in [5.74, 6) is 0.716. The van der Waals surface area contributed by atoms with E-state index in [9.17, 15) is 4.79 Å². The fraction of sp³-hybridized carbons (Fsp3) is 0.267. The predicted octanol–water partition coefficient (Wildman–Crippen LogP) is 1.76. The van der Waals surface area contributed by atoms with Crippen LogP contribution in [0.4, 0.5) is 0 Å². The Kier molecular flexibility index (Phi) is 3.43. The number of amides is 1. The molecule has 3 rings (SSSR count). The average Bonchev–Trinajstić information content (AvgIpc) is 3.03. The van der Waals surface area contributed by atoms with Gasteiger partial charge in [0.1, 0.15) is 5.82 Å². The van der Waals surface area contributed by atoms with E-state index in [0.29, 0.717) is 13.0 Å². The normalized spacial score (nSPS) is 11.0. The Morgan fingerprint density at radius 2 is 2.10 bits per heavy atom. The molecule has 0 radical (unpaired) electrons. The Morgan fingerprint density at radius 1 is 1.29 bits per heavy atom. The third-order valence-corrected chi connectivity index (χ3v) is 3.51. The monoisotopic (exact) mass is 283 g/mol. The lowest BCUT2D eigenvalue weighted by atomic mass is 10.1. The lowest BCUT2D eigenvalue weighted by Crippen LogP contribution is -2.25. The highest BCUT2D eigenvalue weighted by molar-refractivity contribution is 5.79. The number of para-hydroxylation sites is 2. The quantitative estimate of drug-likeness (QED) is 0.682. The summed E-state index contributed by atoms with van der Waals surface area (Å²) in [6, 6.07) is 7.80. The molecule has 0 aliphatic heterocycles. The second kappa shape index (κ2) is 5.40. The van der Waals surface area contributed by atoms with Crippen molar-refractivity contribution in [3.63, 3.8) is 0 Å². The number of hydrogen-bond acceptors (Lipinski definition) is 3. The van der Waals surface area contributed by atoms with Gasteiger partial charge in [-0.05, 0) is 26.0 Å². The number of rotatable bonds is 4. The zero-order valence-electron chi connectivity index (χ0n) is 12.0. The summed E-state index contributed by atoms with van der Waals surface area (Å²) < 4.78 is 0. The van der Waals surface area contributed by atoms with E-state index in [1.54, 1.807) is 0 Å². The molecule has 0 aliphatic rings. The van der Waals surface area contributed by atoms with E-state index >= 15 is 0 Å². The highest BCUT2D eigenvalue weighted by atomic mass is 16.1. The van der Waals surface area contributed by atoms with Crippen LogP contribution in [0.1, 0.15) is 22.8 Å². The van der Waals surface area contributed by atoms with Crippen molar-refractivity contribution in [2.75, 3.05) is 0 Å². The number of H-pyrrole nitrogens is 2. The summed E-state index contributed by atoms with van der Waals surface area (Å²) >= 11 is 0. The van der Waals surface area contributed by atoms with E-state index in [1.165, 1.54) is 0 Å². The third-order valence-electron chi connectivity index (χ3n) is 3.51. The first-order valence-electron chi connectivity index (χ1n) is 6.84. The second-order valence-corrected chi connectivity index (χ2v) is 5.07. The number of carbonyl (C=O) groups is 1. The number of benzene rings is 1. The molecule has 2 aromatic heterocycles. The van der Waals surface area contributed by atoms with E-state index in [0.717, 1.165) is 33.8 Å². The molecule has 108 valence electrons. The smallest absolute Gasteiger partial charge is 0.224 e. The maximum atomic E-state index is 12.0. The summed E-state index contributed by atoms with van der Waals surface area (Å²) in [6.45, 7) is 4.21. The van der Waals surface area contributed by atoms with Gasteiger partial charge >= 0.3 is 0 Å². The molecular weight excluding hydrogens is 266 g/mol. The first-order valence-corrected chi connectivity index (χ1v) is 6.84. The van der Waals surface area contributed by atoms with Crippen molar-refractivity contribution in [2.45, 2.75) is 26.8 Å². The van der Waals surface area contributed by atoms with Crippen molar-refractivity contribution in [1.29, 1.82) is 0 Å². The van der Waals surface area contributed by atoms with Gasteiger partial charge in [-0.15, -0.1) is 0 Å². The molecule has 2 heterocycles. The van der Waals surface area contributed by atoms with Gasteiger partial charge in [-0.25, -0.2) is 4.98 Å². The van der Waals surface area contributed by atoms with E-state index in [2.05, 4.69) is 25.5 Å². The maximum absolute atomic E-state index is 12.0. The van der Waals surface area contributed by atoms with Gasteiger partial charge in [0.25, 0.3) is 0 Å². The molecule has 1 amide bonds. The van der Waals surface area contributed by atoms with Crippen LogP contribution in [-0.2, 0) is 17.8 Å². The Morgan fingerprint density at radius 3 is 2.81 bits per heavy atom. The molecular formula is C15H17N5O. The molecule has 0 saturated heterocycles. The minimum absolute atomic E-state index is 0.0388. The van der Waals surface area contributed by atoms with Crippen molar-refractivity contribution in [2.24, 2.45) is 0 Å². The molecule has 1 aromatic carbocycles. The third kappa shape index (κ3) is 2.79. The SMILES string of the molecule is Cc1n[nH]c(C)c1CC(=O)NCc1nc2ccccc2[nH]1. The number of nitrogens with zero attached hydrogens (tertiary/aromatic N) is 2. The maximum Gasteiger partial charge on any atom is 0.224 e. The summed E-state index contributed by atoms with van der Waals surface area (Å²) in [4.78, 5) is 19.6. The largest absolute Gasteiger partial charge is 0.349 e. The molecule has 0 bridgehead atoms. The number of nitrogens with one attached hydrogen (secondary N) is 3. The standard InChI is InChI=1S/C15H17N5O/c1-9-11(10(2)20-19-9)7-15(21)16-8-14-17-12-5-3-4-6-13(12)18-14/h3-6H,7-8H2,1-2H3,(H,16,21)(H,17,18)(H,19,20). The number of aromatic nitrogens is 4. The van der Waals surface area contributed by atoms with Gasteiger partial charge in [-0.3, -0.25) is 9.89 Å². The molecule has 0 unspecified atom stereocenters. The van der Waals surface area contributed by atoms with Gasteiger partial charge in [0.05, 0.1) is 29.7 Å². The molecule has 3 aromatic rings. The van der Waals surface area contributed by atoms with Crippen LogP contribution in [-0.4, -0.2) is 26.1 Å². The van der Waals surface area contributed by atoms with Gasteiger partial charge in [0.15, 0.2) is 0 Å². The average molecular weight is 283 g/mol. The zero-order chi connectivity index (χ0) is 14.8. The summed E-state index contributed by atoms with van der Waals surface area (Å²) in [6.07, 6.45) is 0.328. The zero-order valence-corrected chi connectivity index (χ0v) is 12.0. The number of fused-ring (bicyclic) bond motifs is 1.